The molecular formula is C23H22O5. The van der Waals surface area contributed by atoms with Gasteiger partial charge in [-0.05, 0) is 36.4 Å². The van der Waals surface area contributed by atoms with Crippen molar-refractivity contribution in [2.24, 2.45) is 0 Å². The molecule has 1 saturated heterocycles. The number of rotatable bonds is 5. The highest BCUT2D eigenvalue weighted by molar-refractivity contribution is 6.05. The Hall–Kier alpha value is -3.05. The van der Waals surface area contributed by atoms with Crippen LogP contribution in [0.15, 0.2) is 60.7 Å². The van der Waals surface area contributed by atoms with Gasteiger partial charge in [0.25, 0.3) is 0 Å². The second-order valence-corrected chi connectivity index (χ2v) is 6.62. The average molecular weight is 378 g/mol. The second kappa shape index (κ2) is 8.31. The molecule has 0 aliphatic carbocycles. The maximum absolute atomic E-state index is 13.1. The summed E-state index contributed by atoms with van der Waals surface area (Å²) in [7, 11) is 1.54. The lowest BCUT2D eigenvalue weighted by Gasteiger charge is -2.25. The highest BCUT2D eigenvalue weighted by Gasteiger charge is 2.26. The van der Waals surface area contributed by atoms with Crippen LogP contribution in [0.2, 0.25) is 0 Å². The second-order valence-electron chi connectivity index (χ2n) is 6.62. The molecule has 3 aromatic rings. The first-order chi connectivity index (χ1) is 13.8. The van der Waals surface area contributed by atoms with Gasteiger partial charge in [0.05, 0.1) is 13.7 Å². The number of fused-ring (bicyclic) bond motifs is 1. The molecule has 0 spiro atoms. The maximum Gasteiger partial charge on any atom is 0.351 e. The quantitative estimate of drug-likeness (QED) is 0.463. The molecule has 0 bridgehead atoms. The minimum Gasteiger partial charge on any atom is -0.495 e. The van der Waals surface area contributed by atoms with E-state index in [1.54, 1.807) is 19.2 Å². The minimum absolute atomic E-state index is 0.263. The van der Waals surface area contributed by atoms with Gasteiger partial charge in [-0.1, -0.05) is 42.5 Å². The third kappa shape index (κ3) is 3.80. The molecule has 5 heteroatoms. The summed E-state index contributed by atoms with van der Waals surface area (Å²) in [6.07, 6.45) is 2.44. The van der Waals surface area contributed by atoms with Crippen LogP contribution in [-0.4, -0.2) is 26.0 Å². The van der Waals surface area contributed by atoms with Gasteiger partial charge >= 0.3 is 5.97 Å². The Morgan fingerprint density at radius 2 is 1.82 bits per heavy atom. The van der Waals surface area contributed by atoms with Gasteiger partial charge < -0.3 is 18.9 Å². The third-order valence-electron chi connectivity index (χ3n) is 4.72. The molecule has 1 aliphatic heterocycles. The molecule has 3 aromatic carbocycles. The molecule has 0 aromatic heterocycles. The molecule has 5 nitrogen and oxygen atoms in total. The Kier molecular flexibility index (Phi) is 5.44. The molecule has 0 radical (unpaired) electrons. The number of carbonyl (C=O) groups excluding carboxylic acids is 1. The highest BCUT2D eigenvalue weighted by atomic mass is 16.7. The van der Waals surface area contributed by atoms with E-state index in [0.29, 0.717) is 23.9 Å². The smallest absolute Gasteiger partial charge is 0.351 e. The number of carbonyl (C=O) groups is 1. The summed E-state index contributed by atoms with van der Waals surface area (Å²) >= 11 is 0. The van der Waals surface area contributed by atoms with Crippen LogP contribution in [0.4, 0.5) is 0 Å². The molecule has 1 fully saturated rings. The first-order valence-electron chi connectivity index (χ1n) is 9.41. The summed E-state index contributed by atoms with van der Waals surface area (Å²) in [5, 5.41) is 1.74. The van der Waals surface area contributed by atoms with E-state index in [2.05, 4.69) is 0 Å². The van der Waals surface area contributed by atoms with Crippen molar-refractivity contribution >= 4 is 16.7 Å². The van der Waals surface area contributed by atoms with Crippen molar-refractivity contribution in [2.45, 2.75) is 25.6 Å². The van der Waals surface area contributed by atoms with Crippen LogP contribution in [0.3, 0.4) is 0 Å². The van der Waals surface area contributed by atoms with Crippen molar-refractivity contribution in [3.63, 3.8) is 0 Å². The molecule has 1 heterocycles. The monoisotopic (exact) mass is 378 g/mol. The topological polar surface area (TPSA) is 54.0 Å². The Morgan fingerprint density at radius 3 is 2.57 bits per heavy atom. The Bertz CT molecular complexity index is 961. The first-order valence-corrected chi connectivity index (χ1v) is 9.41. The zero-order valence-corrected chi connectivity index (χ0v) is 15.7. The average Bonchev–Trinajstić information content (AvgIpc) is 2.74. The highest BCUT2D eigenvalue weighted by Crippen LogP contribution is 2.38. The Labute approximate surface area is 163 Å². The van der Waals surface area contributed by atoms with Gasteiger partial charge in [-0.15, -0.1) is 0 Å². The van der Waals surface area contributed by atoms with Crippen LogP contribution in [-0.2, 0) is 4.74 Å². The first kappa shape index (κ1) is 18.3. The van der Waals surface area contributed by atoms with Crippen LogP contribution in [0.25, 0.3) is 10.8 Å². The number of ether oxygens (including phenoxy) is 4. The lowest BCUT2D eigenvalue weighted by Crippen LogP contribution is -2.26. The normalized spacial score (nSPS) is 16.5. The van der Waals surface area contributed by atoms with Crippen LogP contribution >= 0.6 is 0 Å². The summed E-state index contributed by atoms with van der Waals surface area (Å²) in [5.41, 5.74) is 0.263. The number of para-hydroxylation sites is 1. The predicted octanol–water partition coefficient (Wildman–Crippen LogP) is 4.97. The fraction of sp³-hybridized carbons (Fsp3) is 0.261. The summed E-state index contributed by atoms with van der Waals surface area (Å²) in [5.74, 6) is 0.774. The molecule has 0 amide bonds. The van der Waals surface area contributed by atoms with Gasteiger partial charge in [0.1, 0.15) is 22.8 Å². The standard InChI is InChI=1S/C23H22O5/c1-25-22-18-12-6-5-9-16(18)15-19(28-20-13-7-8-14-26-20)21(22)23(24)27-17-10-3-2-4-11-17/h2-6,9-12,15,20H,7-8,13-14H2,1H3. The summed E-state index contributed by atoms with van der Waals surface area (Å²) in [6.45, 7) is 0.652. The molecule has 1 aliphatic rings. The summed E-state index contributed by atoms with van der Waals surface area (Å²) < 4.78 is 23.0. The van der Waals surface area contributed by atoms with Crippen LogP contribution < -0.4 is 14.2 Å². The van der Waals surface area contributed by atoms with Crippen LogP contribution in [0, 0.1) is 0 Å². The van der Waals surface area contributed by atoms with Crippen molar-refractivity contribution in [1.82, 2.24) is 0 Å². The SMILES string of the molecule is COc1c(C(=O)Oc2ccccc2)c(OC2CCCCO2)cc2ccccc12. The van der Waals surface area contributed by atoms with E-state index in [4.69, 9.17) is 18.9 Å². The number of hydrogen-bond donors (Lipinski definition) is 0. The van der Waals surface area contributed by atoms with Gasteiger partial charge in [0, 0.05) is 11.8 Å². The van der Waals surface area contributed by atoms with Crippen molar-refractivity contribution in [3.8, 4) is 17.2 Å². The van der Waals surface area contributed by atoms with Crippen molar-refractivity contribution in [2.75, 3.05) is 13.7 Å². The van der Waals surface area contributed by atoms with Crippen LogP contribution in [0.5, 0.6) is 17.2 Å². The van der Waals surface area contributed by atoms with E-state index in [1.165, 1.54) is 0 Å². The van der Waals surface area contributed by atoms with Crippen molar-refractivity contribution in [3.05, 3.63) is 66.2 Å². The van der Waals surface area contributed by atoms with E-state index >= 15 is 0 Å². The number of benzene rings is 3. The molecule has 0 saturated carbocycles. The van der Waals surface area contributed by atoms with E-state index < -0.39 is 5.97 Å². The maximum atomic E-state index is 13.1. The predicted molar refractivity (Wildman–Crippen MR) is 106 cm³/mol. The zero-order valence-electron chi connectivity index (χ0n) is 15.7. The van der Waals surface area contributed by atoms with Crippen molar-refractivity contribution < 1.29 is 23.7 Å². The molecule has 28 heavy (non-hydrogen) atoms. The van der Waals surface area contributed by atoms with E-state index in [9.17, 15) is 4.79 Å². The molecule has 0 N–H and O–H groups in total. The molecule has 144 valence electrons. The summed E-state index contributed by atoms with van der Waals surface area (Å²) in [6, 6.07) is 18.5. The largest absolute Gasteiger partial charge is 0.495 e. The van der Waals surface area contributed by atoms with Crippen molar-refractivity contribution in [1.29, 1.82) is 0 Å². The molecule has 1 atom stereocenters. The number of hydrogen-bond acceptors (Lipinski definition) is 5. The lowest BCUT2D eigenvalue weighted by molar-refractivity contribution is -0.106. The summed E-state index contributed by atoms with van der Waals surface area (Å²) in [4.78, 5) is 13.1. The number of methoxy groups -OCH3 is 1. The molecule has 4 rings (SSSR count). The van der Waals surface area contributed by atoms with Gasteiger partial charge in [-0.3, -0.25) is 0 Å². The van der Waals surface area contributed by atoms with Gasteiger partial charge in [-0.2, -0.15) is 0 Å². The fourth-order valence-electron chi connectivity index (χ4n) is 3.38. The Morgan fingerprint density at radius 1 is 1.04 bits per heavy atom. The van der Waals surface area contributed by atoms with Gasteiger partial charge in [0.2, 0.25) is 0 Å². The minimum atomic E-state index is -0.528. The van der Waals surface area contributed by atoms with E-state index in [-0.39, 0.29) is 11.9 Å². The number of esters is 1. The lowest BCUT2D eigenvalue weighted by atomic mass is 10.0. The van der Waals surface area contributed by atoms with E-state index in [0.717, 1.165) is 30.0 Å². The van der Waals surface area contributed by atoms with Gasteiger partial charge in [0.15, 0.2) is 6.29 Å². The van der Waals surface area contributed by atoms with Gasteiger partial charge in [-0.25, -0.2) is 4.79 Å². The zero-order chi connectivity index (χ0) is 19.3. The molecule has 1 unspecified atom stereocenters. The van der Waals surface area contributed by atoms with Crippen LogP contribution in [0.1, 0.15) is 29.6 Å². The molecular weight excluding hydrogens is 356 g/mol. The fourth-order valence-corrected chi connectivity index (χ4v) is 3.38. The Balaban J connectivity index is 1.78. The third-order valence-corrected chi connectivity index (χ3v) is 4.72. The van der Waals surface area contributed by atoms with E-state index in [1.807, 2.05) is 48.5 Å².